The Kier molecular flexibility index (Phi) is 6.65. The summed E-state index contributed by atoms with van der Waals surface area (Å²) in [7, 11) is 0. The largest absolute Gasteiger partial charge is 0.309 e. The lowest BCUT2D eigenvalue weighted by atomic mass is 9.95. The molecule has 2 heteroatoms. The maximum absolute atomic E-state index is 2.49. The Morgan fingerprint density at radius 2 is 0.826 bits per heavy atom. The van der Waals surface area contributed by atoms with Gasteiger partial charge in [0.25, 0.3) is 0 Å². The van der Waals surface area contributed by atoms with Gasteiger partial charge in [-0.25, -0.2) is 0 Å². The third-order valence-electron chi connectivity index (χ3n) is 10.2. The van der Waals surface area contributed by atoms with Gasteiger partial charge < -0.3 is 9.13 Å². The Morgan fingerprint density at radius 1 is 0.457 bits per heavy atom. The average Bonchev–Trinajstić information content (AvgIpc) is 3.57. The predicted octanol–water partition coefficient (Wildman–Crippen LogP) is 12.3. The second-order valence-corrected chi connectivity index (χ2v) is 13.2. The highest BCUT2D eigenvalue weighted by Crippen LogP contribution is 2.39. The van der Waals surface area contributed by atoms with Crippen LogP contribution in [0.25, 0.3) is 66.1 Å². The number of fused-ring (bicyclic) bond motifs is 6. The minimum absolute atomic E-state index is 0.544. The molecule has 0 aliphatic carbocycles. The van der Waals surface area contributed by atoms with Crippen molar-refractivity contribution in [2.75, 3.05) is 0 Å². The van der Waals surface area contributed by atoms with Crippen LogP contribution in [0.2, 0.25) is 0 Å². The highest BCUT2D eigenvalue weighted by atomic mass is 15.0. The van der Waals surface area contributed by atoms with Crippen LogP contribution in [0.15, 0.2) is 115 Å². The van der Waals surface area contributed by atoms with Gasteiger partial charge in [0.05, 0.1) is 33.4 Å². The van der Waals surface area contributed by atoms with Gasteiger partial charge in [-0.1, -0.05) is 74.5 Å². The van der Waals surface area contributed by atoms with Gasteiger partial charge in [-0.15, -0.1) is 0 Å². The lowest BCUT2D eigenvalue weighted by molar-refractivity contribution is 0.735. The van der Waals surface area contributed by atoms with Gasteiger partial charge in [-0.05, 0) is 134 Å². The van der Waals surface area contributed by atoms with Gasteiger partial charge in [0.15, 0.2) is 0 Å². The zero-order valence-electron chi connectivity index (χ0n) is 27.6. The molecule has 0 bridgehead atoms. The van der Waals surface area contributed by atoms with E-state index in [0.717, 1.165) is 6.42 Å². The third kappa shape index (κ3) is 4.24. The normalized spacial score (nSPS) is 12.6. The summed E-state index contributed by atoms with van der Waals surface area (Å²) in [4.78, 5) is 0. The van der Waals surface area contributed by atoms with E-state index in [1.54, 1.807) is 0 Å². The van der Waals surface area contributed by atoms with Crippen LogP contribution >= 0.6 is 0 Å². The van der Waals surface area contributed by atoms with Crippen molar-refractivity contribution in [3.05, 3.63) is 143 Å². The van der Waals surface area contributed by atoms with Crippen LogP contribution in [0.4, 0.5) is 0 Å². The molecular formula is C44H40N2. The molecule has 2 heterocycles. The summed E-state index contributed by atoms with van der Waals surface area (Å²) in [5.74, 6) is 0.544. The van der Waals surface area contributed by atoms with Crippen LogP contribution in [-0.4, -0.2) is 9.13 Å². The molecule has 8 aromatic rings. The molecule has 2 nitrogen and oxygen atoms in total. The Balaban J connectivity index is 1.28. The Morgan fingerprint density at radius 3 is 1.24 bits per heavy atom. The van der Waals surface area contributed by atoms with Crippen molar-refractivity contribution >= 4 is 43.6 Å². The molecule has 0 N–H and O–H groups in total. The quantitative estimate of drug-likeness (QED) is 0.187. The van der Waals surface area contributed by atoms with Crippen LogP contribution in [0.5, 0.6) is 0 Å². The summed E-state index contributed by atoms with van der Waals surface area (Å²) in [5.41, 5.74) is 16.6. The number of hydrogen-bond donors (Lipinski definition) is 0. The fourth-order valence-electron chi connectivity index (χ4n) is 7.89. The van der Waals surface area contributed by atoms with Gasteiger partial charge in [0.1, 0.15) is 0 Å². The van der Waals surface area contributed by atoms with Crippen LogP contribution in [-0.2, 0) is 0 Å². The minimum Gasteiger partial charge on any atom is -0.309 e. The smallest absolute Gasteiger partial charge is 0.0541 e. The maximum atomic E-state index is 2.49. The molecule has 2 aromatic heterocycles. The molecule has 0 saturated carbocycles. The number of hydrogen-bond acceptors (Lipinski definition) is 0. The van der Waals surface area contributed by atoms with Gasteiger partial charge in [-0.3, -0.25) is 0 Å². The van der Waals surface area contributed by atoms with Crippen molar-refractivity contribution in [1.29, 1.82) is 0 Å². The van der Waals surface area contributed by atoms with Crippen LogP contribution < -0.4 is 0 Å². The lowest BCUT2D eigenvalue weighted by Gasteiger charge is -2.19. The van der Waals surface area contributed by atoms with Gasteiger partial charge >= 0.3 is 0 Å². The fourth-order valence-corrected chi connectivity index (χ4v) is 7.89. The minimum atomic E-state index is 0.544. The molecule has 0 radical (unpaired) electrons. The molecule has 1 unspecified atom stereocenters. The SMILES string of the molecule is CCC(C)c1ccc2c(c1)c1ccccc1n2-c1c(C)cc(-c2cc(C)c(-n3c4ccccc4c4ccccc43)c(C)c2)cc1C. The lowest BCUT2D eigenvalue weighted by Crippen LogP contribution is -2.02. The first-order valence-electron chi connectivity index (χ1n) is 16.6. The predicted molar refractivity (Wildman–Crippen MR) is 198 cm³/mol. The topological polar surface area (TPSA) is 9.86 Å². The van der Waals surface area contributed by atoms with E-state index in [0.29, 0.717) is 5.92 Å². The second kappa shape index (κ2) is 10.8. The molecule has 1 atom stereocenters. The molecule has 6 aromatic carbocycles. The molecule has 8 rings (SSSR count). The first-order chi connectivity index (χ1) is 22.4. The summed E-state index contributed by atoms with van der Waals surface area (Å²) in [6.07, 6.45) is 1.14. The van der Waals surface area contributed by atoms with Gasteiger partial charge in [-0.2, -0.15) is 0 Å². The molecular weight excluding hydrogens is 556 g/mol. The Labute approximate surface area is 271 Å². The average molecular weight is 597 g/mol. The zero-order chi connectivity index (χ0) is 31.7. The molecule has 0 aliphatic heterocycles. The Bertz CT molecular complexity index is 2370. The van der Waals surface area contributed by atoms with Crippen LogP contribution in [0.1, 0.15) is 54.0 Å². The first-order valence-corrected chi connectivity index (χ1v) is 16.6. The summed E-state index contributed by atoms with van der Waals surface area (Å²) < 4.78 is 4.94. The zero-order valence-corrected chi connectivity index (χ0v) is 27.6. The van der Waals surface area contributed by atoms with E-state index >= 15 is 0 Å². The number of aryl methyl sites for hydroxylation is 4. The first kappa shape index (κ1) is 28.4. The summed E-state index contributed by atoms with van der Waals surface area (Å²) in [6, 6.07) is 43.0. The molecule has 0 amide bonds. The Hall–Kier alpha value is -5.08. The highest BCUT2D eigenvalue weighted by molar-refractivity contribution is 6.10. The van der Waals surface area contributed by atoms with Crippen molar-refractivity contribution < 1.29 is 0 Å². The monoisotopic (exact) mass is 596 g/mol. The summed E-state index contributed by atoms with van der Waals surface area (Å²) in [5, 5.41) is 5.24. The second-order valence-electron chi connectivity index (χ2n) is 13.2. The van der Waals surface area contributed by atoms with Crippen molar-refractivity contribution in [1.82, 2.24) is 9.13 Å². The van der Waals surface area contributed by atoms with E-state index in [1.807, 2.05) is 0 Å². The molecule has 0 spiro atoms. The molecule has 0 fully saturated rings. The number of benzene rings is 6. The highest BCUT2D eigenvalue weighted by Gasteiger charge is 2.19. The van der Waals surface area contributed by atoms with E-state index < -0.39 is 0 Å². The molecule has 226 valence electrons. The molecule has 0 saturated heterocycles. The van der Waals surface area contributed by atoms with E-state index in [4.69, 9.17) is 0 Å². The van der Waals surface area contributed by atoms with E-state index in [9.17, 15) is 0 Å². The standard InChI is InChI=1S/C44H40N2/c1-7-27(2)32-20-21-42-38(26-32)37-16-10-13-19-41(37)46(42)44-30(5)24-34(25-31(44)6)33-22-28(3)43(29(4)23-33)45-39-17-11-8-14-35(39)36-15-9-12-18-40(36)45/h8-27H,7H2,1-6H3. The van der Waals surface area contributed by atoms with Crippen LogP contribution in [0, 0.1) is 27.7 Å². The van der Waals surface area contributed by atoms with E-state index in [1.165, 1.54) is 93.9 Å². The van der Waals surface area contributed by atoms with Crippen molar-refractivity contribution in [2.24, 2.45) is 0 Å². The van der Waals surface area contributed by atoms with E-state index in [2.05, 4.69) is 166 Å². The maximum Gasteiger partial charge on any atom is 0.0541 e. The van der Waals surface area contributed by atoms with Crippen molar-refractivity contribution in [2.45, 2.75) is 53.9 Å². The van der Waals surface area contributed by atoms with Gasteiger partial charge in [0, 0.05) is 21.5 Å². The van der Waals surface area contributed by atoms with Crippen molar-refractivity contribution in [3.63, 3.8) is 0 Å². The number of rotatable bonds is 5. The van der Waals surface area contributed by atoms with E-state index in [-0.39, 0.29) is 0 Å². The number of para-hydroxylation sites is 3. The van der Waals surface area contributed by atoms with Gasteiger partial charge in [0.2, 0.25) is 0 Å². The summed E-state index contributed by atoms with van der Waals surface area (Å²) in [6.45, 7) is 13.7. The molecule has 46 heavy (non-hydrogen) atoms. The number of nitrogens with zero attached hydrogens (tertiary/aromatic N) is 2. The summed E-state index contributed by atoms with van der Waals surface area (Å²) >= 11 is 0. The fraction of sp³-hybridized carbons (Fsp3) is 0.182. The number of aromatic nitrogens is 2. The molecule has 0 aliphatic rings. The van der Waals surface area contributed by atoms with Crippen molar-refractivity contribution in [3.8, 4) is 22.5 Å². The van der Waals surface area contributed by atoms with Crippen LogP contribution in [0.3, 0.4) is 0 Å². The third-order valence-corrected chi connectivity index (χ3v) is 10.2.